The molecule has 226 valence electrons. The topological polar surface area (TPSA) is 86.8 Å². The molecule has 3 aromatic carbocycles. The number of amides is 2. The van der Waals surface area contributed by atoms with Crippen LogP contribution in [0.3, 0.4) is 0 Å². The van der Waals surface area contributed by atoms with Crippen LogP contribution in [0.2, 0.25) is 0 Å². The van der Waals surface area contributed by atoms with E-state index >= 15 is 0 Å². The Balaban J connectivity index is 1.87. The smallest absolute Gasteiger partial charge is 0.243 e. The highest BCUT2D eigenvalue weighted by Crippen LogP contribution is 2.21. The maximum atomic E-state index is 13.9. The van der Waals surface area contributed by atoms with Gasteiger partial charge in [0, 0.05) is 32.0 Å². The molecule has 42 heavy (non-hydrogen) atoms. The minimum atomic E-state index is -3.55. The molecule has 1 N–H and O–H groups in total. The minimum Gasteiger partial charge on any atom is -0.352 e. The third kappa shape index (κ3) is 9.72. The molecule has 0 saturated carbocycles. The maximum Gasteiger partial charge on any atom is 0.243 e. The van der Waals surface area contributed by atoms with Crippen LogP contribution in [0.15, 0.2) is 78.9 Å². The molecule has 0 spiro atoms. The molecule has 7 nitrogen and oxygen atoms in total. The number of carbonyl (C=O) groups excluding carboxylic acids is 2. The van der Waals surface area contributed by atoms with Gasteiger partial charge in [0.1, 0.15) is 6.04 Å². The van der Waals surface area contributed by atoms with E-state index in [9.17, 15) is 18.0 Å². The van der Waals surface area contributed by atoms with Gasteiger partial charge in [0.05, 0.1) is 11.9 Å². The van der Waals surface area contributed by atoms with Crippen molar-refractivity contribution in [2.75, 3.05) is 17.1 Å². The standard InChI is InChI=1S/C34H45N3O4S/c1-6-27(4)35-34(39)32(24-29-12-9-8-10-13-29)36(25-30-17-15-26(3)16-18-30)33(38)14-11-23-37(42(5,40)41)31-21-19-28(7-2)20-22-31/h8-10,12-13,15-22,27,32H,6-7,11,14,23-25H2,1-5H3,(H,35,39)/t27-,32-/m0/s1. The van der Waals surface area contributed by atoms with E-state index in [0.717, 1.165) is 35.1 Å². The summed E-state index contributed by atoms with van der Waals surface area (Å²) in [7, 11) is -3.55. The SMILES string of the molecule is CCc1ccc(N(CCCC(=O)N(Cc2ccc(C)cc2)[C@@H](Cc2ccccc2)C(=O)N[C@@H](C)CC)S(C)(=O)=O)cc1. The van der Waals surface area contributed by atoms with Crippen molar-refractivity contribution in [3.8, 4) is 0 Å². The lowest BCUT2D eigenvalue weighted by atomic mass is 10.0. The van der Waals surface area contributed by atoms with Crippen LogP contribution in [-0.2, 0) is 39.0 Å². The Morgan fingerprint density at radius 3 is 2.05 bits per heavy atom. The number of hydrogen-bond acceptors (Lipinski definition) is 4. The largest absolute Gasteiger partial charge is 0.352 e. The van der Waals surface area contributed by atoms with Gasteiger partial charge in [0.15, 0.2) is 0 Å². The average molecular weight is 592 g/mol. The Morgan fingerprint density at radius 1 is 0.857 bits per heavy atom. The van der Waals surface area contributed by atoms with E-state index in [1.807, 2.05) is 94.4 Å². The summed E-state index contributed by atoms with van der Waals surface area (Å²) in [4.78, 5) is 29.3. The summed E-state index contributed by atoms with van der Waals surface area (Å²) in [5.74, 6) is -0.381. The molecule has 0 fully saturated rings. The van der Waals surface area contributed by atoms with Crippen molar-refractivity contribution < 1.29 is 18.0 Å². The lowest BCUT2D eigenvalue weighted by Gasteiger charge is -2.32. The average Bonchev–Trinajstić information content (AvgIpc) is 2.97. The van der Waals surface area contributed by atoms with Crippen molar-refractivity contribution >= 4 is 27.5 Å². The molecule has 0 unspecified atom stereocenters. The van der Waals surface area contributed by atoms with Crippen molar-refractivity contribution in [2.24, 2.45) is 0 Å². The number of nitrogens with zero attached hydrogens (tertiary/aromatic N) is 2. The second-order valence-corrected chi connectivity index (χ2v) is 12.9. The summed E-state index contributed by atoms with van der Waals surface area (Å²) in [5.41, 5.74) is 4.70. The van der Waals surface area contributed by atoms with E-state index < -0.39 is 16.1 Å². The molecule has 2 amide bonds. The van der Waals surface area contributed by atoms with Gasteiger partial charge in [-0.2, -0.15) is 0 Å². The monoisotopic (exact) mass is 591 g/mol. The summed E-state index contributed by atoms with van der Waals surface area (Å²) < 4.78 is 26.7. The van der Waals surface area contributed by atoms with Crippen LogP contribution >= 0.6 is 0 Å². The number of anilines is 1. The first-order valence-corrected chi connectivity index (χ1v) is 16.6. The molecule has 0 aliphatic rings. The van der Waals surface area contributed by atoms with E-state index in [2.05, 4.69) is 5.32 Å². The molecule has 8 heteroatoms. The highest BCUT2D eigenvalue weighted by atomic mass is 32.2. The van der Waals surface area contributed by atoms with Crippen molar-refractivity contribution in [1.82, 2.24) is 10.2 Å². The molecule has 0 aliphatic carbocycles. The maximum absolute atomic E-state index is 13.9. The van der Waals surface area contributed by atoms with Crippen LogP contribution < -0.4 is 9.62 Å². The normalized spacial score (nSPS) is 12.8. The highest BCUT2D eigenvalue weighted by molar-refractivity contribution is 7.92. The van der Waals surface area contributed by atoms with Gasteiger partial charge in [-0.1, -0.05) is 86.1 Å². The van der Waals surface area contributed by atoms with Gasteiger partial charge in [-0.05, 0) is 61.9 Å². The van der Waals surface area contributed by atoms with E-state index in [4.69, 9.17) is 0 Å². The number of sulfonamides is 1. The summed E-state index contributed by atoms with van der Waals surface area (Å²) >= 11 is 0. The predicted molar refractivity (Wildman–Crippen MR) is 171 cm³/mol. The van der Waals surface area contributed by atoms with Gasteiger partial charge in [-0.25, -0.2) is 8.42 Å². The zero-order chi connectivity index (χ0) is 30.7. The van der Waals surface area contributed by atoms with Crippen molar-refractivity contribution in [3.63, 3.8) is 0 Å². The molecule has 3 aromatic rings. The molecule has 0 heterocycles. The summed E-state index contributed by atoms with van der Waals surface area (Å²) in [6.07, 6.45) is 3.61. The summed E-state index contributed by atoms with van der Waals surface area (Å²) in [6.45, 7) is 8.46. The van der Waals surface area contributed by atoms with Gasteiger partial charge < -0.3 is 10.2 Å². The molecular weight excluding hydrogens is 546 g/mol. The lowest BCUT2D eigenvalue weighted by Crippen LogP contribution is -2.52. The summed E-state index contributed by atoms with van der Waals surface area (Å²) in [5, 5.41) is 3.08. The number of nitrogens with one attached hydrogen (secondary N) is 1. The van der Waals surface area contributed by atoms with Crippen LogP contribution in [-0.4, -0.2) is 50.0 Å². The molecular formula is C34H45N3O4S. The molecule has 0 radical (unpaired) electrons. The zero-order valence-electron chi connectivity index (χ0n) is 25.5. The molecule has 2 atom stereocenters. The fourth-order valence-corrected chi connectivity index (χ4v) is 5.75. The number of rotatable bonds is 15. The van der Waals surface area contributed by atoms with Crippen LogP contribution in [0.5, 0.6) is 0 Å². The van der Waals surface area contributed by atoms with Crippen molar-refractivity contribution in [3.05, 3.63) is 101 Å². The van der Waals surface area contributed by atoms with Crippen LogP contribution in [0, 0.1) is 6.92 Å². The minimum absolute atomic E-state index is 0.0329. The Hall–Kier alpha value is -3.65. The zero-order valence-corrected chi connectivity index (χ0v) is 26.4. The van der Waals surface area contributed by atoms with E-state index in [1.54, 1.807) is 17.0 Å². The Labute approximate surface area is 252 Å². The van der Waals surface area contributed by atoms with E-state index in [1.165, 1.54) is 10.6 Å². The molecule has 0 saturated heterocycles. The van der Waals surface area contributed by atoms with Crippen LogP contribution in [0.25, 0.3) is 0 Å². The number of benzene rings is 3. The number of carbonyl (C=O) groups is 2. The fraction of sp³-hybridized carbons (Fsp3) is 0.412. The van der Waals surface area contributed by atoms with Gasteiger partial charge >= 0.3 is 0 Å². The number of aryl methyl sites for hydroxylation is 2. The van der Waals surface area contributed by atoms with E-state index in [0.29, 0.717) is 18.5 Å². The third-order valence-electron chi connectivity index (χ3n) is 7.53. The Kier molecular flexibility index (Phi) is 12.2. The second-order valence-electron chi connectivity index (χ2n) is 11.0. The first-order valence-electron chi connectivity index (χ1n) is 14.8. The van der Waals surface area contributed by atoms with Gasteiger partial charge in [-0.3, -0.25) is 13.9 Å². The lowest BCUT2D eigenvalue weighted by molar-refractivity contribution is -0.141. The van der Waals surface area contributed by atoms with Crippen LogP contribution in [0.4, 0.5) is 5.69 Å². The number of hydrogen-bond donors (Lipinski definition) is 1. The first-order chi connectivity index (χ1) is 20.0. The van der Waals surface area contributed by atoms with Gasteiger partial charge in [0.25, 0.3) is 0 Å². The molecule has 0 aliphatic heterocycles. The highest BCUT2D eigenvalue weighted by Gasteiger charge is 2.31. The van der Waals surface area contributed by atoms with Crippen molar-refractivity contribution in [2.45, 2.75) is 78.4 Å². The molecule has 0 bridgehead atoms. The summed E-state index contributed by atoms with van der Waals surface area (Å²) in [6, 6.07) is 24.4. The molecule has 3 rings (SSSR count). The predicted octanol–water partition coefficient (Wildman–Crippen LogP) is 5.66. The third-order valence-corrected chi connectivity index (χ3v) is 8.72. The van der Waals surface area contributed by atoms with Gasteiger partial charge in [-0.15, -0.1) is 0 Å². The quantitative estimate of drug-likeness (QED) is 0.247. The Bertz CT molecular complexity index is 1390. The van der Waals surface area contributed by atoms with Crippen molar-refractivity contribution in [1.29, 1.82) is 0 Å². The van der Waals surface area contributed by atoms with Crippen LogP contribution in [0.1, 0.15) is 62.3 Å². The van der Waals surface area contributed by atoms with Gasteiger partial charge in [0.2, 0.25) is 21.8 Å². The molecule has 0 aromatic heterocycles. The fourth-order valence-electron chi connectivity index (χ4n) is 4.79. The van der Waals surface area contributed by atoms with E-state index in [-0.39, 0.29) is 37.4 Å². The first kappa shape index (κ1) is 32.9. The second kappa shape index (κ2) is 15.5. The Morgan fingerprint density at radius 2 is 1.48 bits per heavy atom.